The predicted octanol–water partition coefficient (Wildman–Crippen LogP) is 1.09. The first-order valence-corrected chi connectivity index (χ1v) is 5.93. The quantitative estimate of drug-likeness (QED) is 0.740. The molecular formula is C13H18N2O. The molecule has 1 aromatic carbocycles. The van der Waals surface area contributed by atoms with Gasteiger partial charge in [0.2, 0.25) is 0 Å². The fraction of sp³-hybridized carbons (Fsp3) is 0.538. The minimum atomic E-state index is -0.562. The first-order valence-electron chi connectivity index (χ1n) is 5.93. The van der Waals surface area contributed by atoms with E-state index in [2.05, 4.69) is 35.5 Å². The topological polar surface area (TPSA) is 35.5 Å². The fourth-order valence-corrected chi connectivity index (χ4v) is 2.92. The van der Waals surface area contributed by atoms with Gasteiger partial charge in [0.1, 0.15) is 0 Å². The molecule has 0 bridgehead atoms. The molecule has 0 aliphatic carbocycles. The maximum atomic E-state index is 10.6. The number of likely N-dealkylation sites (N-methyl/N-ethyl adjacent to an activating group) is 1. The zero-order chi connectivity index (χ0) is 11.2. The van der Waals surface area contributed by atoms with Gasteiger partial charge in [-0.3, -0.25) is 0 Å². The molecule has 0 amide bonds. The number of benzene rings is 1. The third-order valence-corrected chi connectivity index (χ3v) is 3.89. The summed E-state index contributed by atoms with van der Waals surface area (Å²) in [4.78, 5) is 2.20. The SMILES string of the molecule is CN1CCC(O)(C2Cc3ccccc3N2)C1. The van der Waals surface area contributed by atoms with Crippen LogP contribution in [0.3, 0.4) is 0 Å². The predicted molar refractivity (Wildman–Crippen MR) is 64.6 cm³/mol. The molecule has 0 spiro atoms. The van der Waals surface area contributed by atoms with Crippen molar-refractivity contribution in [2.24, 2.45) is 0 Å². The van der Waals surface area contributed by atoms with E-state index in [4.69, 9.17) is 0 Å². The second-order valence-corrected chi connectivity index (χ2v) is 5.15. The van der Waals surface area contributed by atoms with Gasteiger partial charge in [-0.15, -0.1) is 0 Å². The minimum absolute atomic E-state index is 0.176. The monoisotopic (exact) mass is 218 g/mol. The number of fused-ring (bicyclic) bond motifs is 1. The van der Waals surface area contributed by atoms with Crippen LogP contribution in [0.5, 0.6) is 0 Å². The Morgan fingerprint density at radius 3 is 2.94 bits per heavy atom. The lowest BCUT2D eigenvalue weighted by molar-refractivity contribution is 0.0342. The first kappa shape index (κ1) is 10.1. The van der Waals surface area contributed by atoms with Gasteiger partial charge in [-0.25, -0.2) is 0 Å². The molecule has 3 rings (SSSR count). The van der Waals surface area contributed by atoms with Crippen LogP contribution in [-0.2, 0) is 6.42 Å². The summed E-state index contributed by atoms with van der Waals surface area (Å²) in [5.41, 5.74) is 1.96. The normalized spacial score (nSPS) is 33.8. The number of hydrogen-bond donors (Lipinski definition) is 2. The number of nitrogens with zero attached hydrogens (tertiary/aromatic N) is 1. The van der Waals surface area contributed by atoms with Crippen LogP contribution in [0.1, 0.15) is 12.0 Å². The van der Waals surface area contributed by atoms with Crippen LogP contribution >= 0.6 is 0 Å². The molecule has 86 valence electrons. The summed E-state index contributed by atoms with van der Waals surface area (Å²) in [5, 5.41) is 14.1. The highest BCUT2D eigenvalue weighted by Gasteiger charge is 2.43. The highest BCUT2D eigenvalue weighted by atomic mass is 16.3. The van der Waals surface area contributed by atoms with E-state index in [-0.39, 0.29) is 6.04 Å². The zero-order valence-electron chi connectivity index (χ0n) is 9.61. The van der Waals surface area contributed by atoms with Crippen LogP contribution in [0.2, 0.25) is 0 Å². The molecule has 16 heavy (non-hydrogen) atoms. The van der Waals surface area contributed by atoms with Gasteiger partial charge in [0.15, 0.2) is 0 Å². The highest BCUT2D eigenvalue weighted by Crippen LogP contribution is 2.34. The molecule has 0 aromatic heterocycles. The van der Waals surface area contributed by atoms with Crippen molar-refractivity contribution in [3.8, 4) is 0 Å². The summed E-state index contributed by atoms with van der Waals surface area (Å²) in [7, 11) is 2.07. The van der Waals surface area contributed by atoms with E-state index in [1.165, 1.54) is 11.3 Å². The molecule has 0 saturated carbocycles. The number of rotatable bonds is 1. The second-order valence-electron chi connectivity index (χ2n) is 5.15. The van der Waals surface area contributed by atoms with Crippen molar-refractivity contribution >= 4 is 5.69 Å². The molecule has 0 radical (unpaired) electrons. The van der Waals surface area contributed by atoms with Gasteiger partial charge in [0.25, 0.3) is 0 Å². The Balaban J connectivity index is 1.81. The van der Waals surface area contributed by atoms with Crippen LogP contribution in [0.15, 0.2) is 24.3 Å². The van der Waals surface area contributed by atoms with Crippen LogP contribution < -0.4 is 5.32 Å². The number of likely N-dealkylation sites (tertiary alicyclic amines) is 1. The van der Waals surface area contributed by atoms with Gasteiger partial charge < -0.3 is 15.3 Å². The van der Waals surface area contributed by atoms with Crippen molar-refractivity contribution in [2.45, 2.75) is 24.5 Å². The van der Waals surface area contributed by atoms with Crippen molar-refractivity contribution < 1.29 is 5.11 Å². The van der Waals surface area contributed by atoms with E-state index in [9.17, 15) is 5.11 Å². The van der Waals surface area contributed by atoms with Gasteiger partial charge in [-0.2, -0.15) is 0 Å². The standard InChI is InChI=1S/C13H18N2O/c1-15-7-6-13(16,9-15)12-8-10-4-2-3-5-11(10)14-12/h2-5,12,14,16H,6-9H2,1H3. The van der Waals surface area contributed by atoms with Gasteiger partial charge in [-0.05, 0) is 31.5 Å². The Labute approximate surface area is 96.1 Å². The lowest BCUT2D eigenvalue weighted by Crippen LogP contribution is -2.47. The van der Waals surface area contributed by atoms with Crippen molar-refractivity contribution in [3.05, 3.63) is 29.8 Å². The number of hydrogen-bond acceptors (Lipinski definition) is 3. The molecule has 2 unspecified atom stereocenters. The molecule has 2 atom stereocenters. The molecule has 2 heterocycles. The lowest BCUT2D eigenvalue weighted by Gasteiger charge is -2.30. The summed E-state index contributed by atoms with van der Waals surface area (Å²) in [6.07, 6.45) is 1.82. The molecular weight excluding hydrogens is 200 g/mol. The molecule has 3 heteroatoms. The van der Waals surface area contributed by atoms with E-state index >= 15 is 0 Å². The van der Waals surface area contributed by atoms with Crippen LogP contribution in [0, 0.1) is 0 Å². The minimum Gasteiger partial charge on any atom is -0.386 e. The van der Waals surface area contributed by atoms with Gasteiger partial charge in [0.05, 0.1) is 11.6 Å². The van der Waals surface area contributed by atoms with E-state index in [0.29, 0.717) is 0 Å². The Hall–Kier alpha value is -1.06. The molecule has 2 aliphatic heterocycles. The molecule has 1 aromatic rings. The summed E-state index contributed by atoms with van der Waals surface area (Å²) in [5.74, 6) is 0. The molecule has 1 fully saturated rings. The van der Waals surface area contributed by atoms with Gasteiger partial charge in [0, 0.05) is 18.8 Å². The van der Waals surface area contributed by atoms with Crippen molar-refractivity contribution in [1.82, 2.24) is 4.90 Å². The number of β-amino-alcohol motifs (C(OH)–C–C–N with tert-alkyl or cyclic N) is 1. The maximum Gasteiger partial charge on any atom is 0.0988 e. The van der Waals surface area contributed by atoms with Crippen molar-refractivity contribution in [3.63, 3.8) is 0 Å². The van der Waals surface area contributed by atoms with Gasteiger partial charge >= 0.3 is 0 Å². The number of nitrogens with one attached hydrogen (secondary N) is 1. The highest BCUT2D eigenvalue weighted by molar-refractivity contribution is 5.57. The number of anilines is 1. The third kappa shape index (κ3) is 1.51. The van der Waals surface area contributed by atoms with Crippen molar-refractivity contribution in [1.29, 1.82) is 0 Å². The largest absolute Gasteiger partial charge is 0.386 e. The van der Waals surface area contributed by atoms with Crippen LogP contribution in [-0.4, -0.2) is 41.8 Å². The third-order valence-electron chi connectivity index (χ3n) is 3.89. The molecule has 2 aliphatic rings. The van der Waals surface area contributed by atoms with E-state index in [1.807, 2.05) is 6.07 Å². The average Bonchev–Trinajstić information content (AvgIpc) is 2.83. The average molecular weight is 218 g/mol. The summed E-state index contributed by atoms with van der Waals surface area (Å²) in [6.45, 7) is 1.77. The maximum absolute atomic E-state index is 10.6. The van der Waals surface area contributed by atoms with E-state index in [0.717, 1.165) is 25.9 Å². The molecule has 2 N–H and O–H groups in total. The Kier molecular flexibility index (Phi) is 2.19. The van der Waals surface area contributed by atoms with Crippen molar-refractivity contribution in [2.75, 3.05) is 25.5 Å². The Morgan fingerprint density at radius 1 is 1.44 bits per heavy atom. The second kappa shape index (κ2) is 3.47. The fourth-order valence-electron chi connectivity index (χ4n) is 2.92. The summed E-state index contributed by atoms with van der Waals surface area (Å²) < 4.78 is 0. The Morgan fingerprint density at radius 2 is 2.25 bits per heavy atom. The number of aliphatic hydroxyl groups is 1. The first-order chi connectivity index (χ1) is 7.67. The number of para-hydroxylation sites is 1. The summed E-state index contributed by atoms with van der Waals surface area (Å²) in [6, 6.07) is 8.52. The molecule has 3 nitrogen and oxygen atoms in total. The van der Waals surface area contributed by atoms with E-state index < -0.39 is 5.60 Å². The smallest absolute Gasteiger partial charge is 0.0988 e. The zero-order valence-corrected chi connectivity index (χ0v) is 9.61. The van der Waals surface area contributed by atoms with E-state index in [1.54, 1.807) is 0 Å². The van der Waals surface area contributed by atoms with Crippen LogP contribution in [0.25, 0.3) is 0 Å². The molecule has 1 saturated heterocycles. The lowest BCUT2D eigenvalue weighted by atomic mass is 9.91. The van der Waals surface area contributed by atoms with Gasteiger partial charge in [-0.1, -0.05) is 18.2 Å². The summed E-state index contributed by atoms with van der Waals surface area (Å²) >= 11 is 0. The Bertz CT molecular complexity index is 382. The van der Waals surface area contributed by atoms with Crippen LogP contribution in [0.4, 0.5) is 5.69 Å².